The van der Waals surface area contributed by atoms with Crippen LogP contribution in [0, 0.1) is 0 Å². The SMILES string of the molecule is CC(C)c1ccc(NC(=O)COCC(=O)NCC[NH+](C)C)cc1. The van der Waals surface area contributed by atoms with Gasteiger partial charge in [-0.25, -0.2) is 0 Å². The van der Waals surface area contributed by atoms with Gasteiger partial charge in [-0.05, 0) is 23.6 Å². The summed E-state index contributed by atoms with van der Waals surface area (Å²) in [5.74, 6) is -0.0242. The zero-order valence-corrected chi connectivity index (χ0v) is 14.4. The molecule has 0 spiro atoms. The molecule has 23 heavy (non-hydrogen) atoms. The molecule has 3 N–H and O–H groups in total. The van der Waals surface area contributed by atoms with E-state index in [1.54, 1.807) is 0 Å². The van der Waals surface area contributed by atoms with E-state index in [0.29, 0.717) is 12.5 Å². The molecule has 0 aromatic heterocycles. The smallest absolute Gasteiger partial charge is 0.250 e. The highest BCUT2D eigenvalue weighted by molar-refractivity contribution is 5.91. The largest absolute Gasteiger partial charge is 0.362 e. The molecular weight excluding hydrogens is 294 g/mol. The van der Waals surface area contributed by atoms with Gasteiger partial charge in [0.25, 0.3) is 0 Å². The lowest BCUT2D eigenvalue weighted by atomic mass is 10.0. The Bertz CT molecular complexity index is 498. The van der Waals surface area contributed by atoms with Crippen molar-refractivity contribution in [3.05, 3.63) is 29.8 Å². The van der Waals surface area contributed by atoms with Crippen molar-refractivity contribution in [2.75, 3.05) is 45.7 Å². The van der Waals surface area contributed by atoms with Crippen LogP contribution in [0.2, 0.25) is 0 Å². The van der Waals surface area contributed by atoms with Gasteiger partial charge in [0.05, 0.1) is 27.2 Å². The number of ether oxygens (including phenoxy) is 1. The van der Waals surface area contributed by atoms with E-state index >= 15 is 0 Å². The summed E-state index contributed by atoms with van der Waals surface area (Å²) >= 11 is 0. The number of quaternary nitrogens is 1. The molecule has 0 bridgehead atoms. The number of carbonyl (C=O) groups is 2. The van der Waals surface area contributed by atoms with E-state index < -0.39 is 0 Å². The Morgan fingerprint density at radius 1 is 1.09 bits per heavy atom. The van der Waals surface area contributed by atoms with Gasteiger partial charge in [-0.2, -0.15) is 0 Å². The molecule has 1 aromatic carbocycles. The Kier molecular flexibility index (Phi) is 8.29. The summed E-state index contributed by atoms with van der Waals surface area (Å²) < 4.78 is 5.12. The summed E-state index contributed by atoms with van der Waals surface area (Å²) in [6, 6.07) is 7.70. The Balaban J connectivity index is 2.22. The molecule has 0 fully saturated rings. The van der Waals surface area contributed by atoms with Crippen LogP contribution in [0.4, 0.5) is 5.69 Å². The van der Waals surface area contributed by atoms with Crippen LogP contribution in [0.15, 0.2) is 24.3 Å². The second-order valence-corrected chi connectivity index (χ2v) is 6.12. The summed E-state index contributed by atoms with van der Waals surface area (Å²) in [5, 5.41) is 5.48. The molecule has 128 valence electrons. The molecular formula is C17H28N3O3+. The molecule has 0 aliphatic rings. The third-order valence-electron chi connectivity index (χ3n) is 3.27. The predicted molar refractivity (Wildman–Crippen MR) is 90.7 cm³/mol. The normalized spacial score (nSPS) is 10.9. The Morgan fingerprint density at radius 3 is 2.26 bits per heavy atom. The van der Waals surface area contributed by atoms with Gasteiger partial charge in [-0.1, -0.05) is 26.0 Å². The minimum atomic E-state index is -0.271. The number of nitrogens with one attached hydrogen (secondary N) is 3. The van der Waals surface area contributed by atoms with E-state index in [2.05, 4.69) is 24.5 Å². The zero-order chi connectivity index (χ0) is 17.2. The first kappa shape index (κ1) is 19.1. The fraction of sp³-hybridized carbons (Fsp3) is 0.529. The van der Waals surface area contributed by atoms with Gasteiger partial charge in [0.1, 0.15) is 13.2 Å². The molecule has 0 aliphatic carbocycles. The summed E-state index contributed by atoms with van der Waals surface area (Å²) in [5.41, 5.74) is 1.94. The average molecular weight is 322 g/mol. The Morgan fingerprint density at radius 2 is 1.70 bits per heavy atom. The van der Waals surface area contributed by atoms with Gasteiger partial charge in [0.15, 0.2) is 0 Å². The van der Waals surface area contributed by atoms with Crippen molar-refractivity contribution >= 4 is 17.5 Å². The van der Waals surface area contributed by atoms with Gasteiger partial charge in [0.2, 0.25) is 11.8 Å². The van der Waals surface area contributed by atoms with Crippen molar-refractivity contribution in [3.63, 3.8) is 0 Å². The van der Waals surface area contributed by atoms with Crippen LogP contribution in [0.5, 0.6) is 0 Å². The van der Waals surface area contributed by atoms with Crippen LogP contribution in [0.3, 0.4) is 0 Å². The first-order valence-corrected chi connectivity index (χ1v) is 7.91. The van der Waals surface area contributed by atoms with Gasteiger partial charge in [-0.15, -0.1) is 0 Å². The maximum Gasteiger partial charge on any atom is 0.250 e. The molecule has 6 heteroatoms. The van der Waals surface area contributed by atoms with Crippen LogP contribution in [0.25, 0.3) is 0 Å². The third-order valence-corrected chi connectivity index (χ3v) is 3.27. The number of carbonyl (C=O) groups excluding carboxylic acids is 2. The van der Waals surface area contributed by atoms with Crippen molar-refractivity contribution in [2.45, 2.75) is 19.8 Å². The van der Waals surface area contributed by atoms with Gasteiger partial charge < -0.3 is 20.3 Å². The summed E-state index contributed by atoms with van der Waals surface area (Å²) in [6.45, 7) is 5.43. The number of amides is 2. The van der Waals surface area contributed by atoms with E-state index in [4.69, 9.17) is 4.74 Å². The highest BCUT2D eigenvalue weighted by Gasteiger charge is 2.06. The van der Waals surface area contributed by atoms with Crippen LogP contribution >= 0.6 is 0 Å². The molecule has 0 radical (unpaired) electrons. The second-order valence-electron chi connectivity index (χ2n) is 6.12. The minimum Gasteiger partial charge on any atom is -0.362 e. The molecule has 2 amide bonds. The van der Waals surface area contributed by atoms with Crippen molar-refractivity contribution in [2.24, 2.45) is 0 Å². The predicted octanol–water partition coefficient (Wildman–Crippen LogP) is 0.0258. The number of hydrogen-bond donors (Lipinski definition) is 3. The van der Waals surface area contributed by atoms with Crippen molar-refractivity contribution in [1.82, 2.24) is 5.32 Å². The standard InChI is InChI=1S/C17H27N3O3/c1-13(2)14-5-7-15(8-6-14)19-17(22)12-23-11-16(21)18-9-10-20(3)4/h5-8,13H,9-12H2,1-4H3,(H,18,21)(H,19,22)/p+1. The summed E-state index contributed by atoms with van der Waals surface area (Å²) in [4.78, 5) is 24.5. The van der Waals surface area contributed by atoms with Crippen molar-refractivity contribution < 1.29 is 19.2 Å². The number of rotatable bonds is 9. The lowest BCUT2D eigenvalue weighted by Crippen LogP contribution is -3.06. The monoisotopic (exact) mass is 322 g/mol. The summed E-state index contributed by atoms with van der Waals surface area (Å²) in [7, 11) is 4.03. The molecule has 0 atom stereocenters. The van der Waals surface area contributed by atoms with Gasteiger partial charge >= 0.3 is 0 Å². The van der Waals surface area contributed by atoms with Crippen LogP contribution in [-0.2, 0) is 14.3 Å². The fourth-order valence-corrected chi connectivity index (χ4v) is 1.89. The van der Waals surface area contributed by atoms with Gasteiger partial charge in [0, 0.05) is 5.69 Å². The number of anilines is 1. The first-order valence-electron chi connectivity index (χ1n) is 7.91. The maximum atomic E-state index is 11.7. The van der Waals surface area contributed by atoms with E-state index in [1.807, 2.05) is 38.4 Å². The average Bonchev–Trinajstić information content (AvgIpc) is 2.47. The maximum absolute atomic E-state index is 11.7. The van der Waals surface area contributed by atoms with E-state index in [0.717, 1.165) is 12.2 Å². The number of benzene rings is 1. The number of hydrogen-bond acceptors (Lipinski definition) is 3. The molecule has 0 unspecified atom stereocenters. The van der Waals surface area contributed by atoms with Crippen LogP contribution in [-0.4, -0.2) is 52.2 Å². The van der Waals surface area contributed by atoms with E-state index in [-0.39, 0.29) is 25.0 Å². The highest BCUT2D eigenvalue weighted by atomic mass is 16.5. The molecule has 0 aliphatic heterocycles. The minimum absolute atomic E-state index is 0.109. The zero-order valence-electron chi connectivity index (χ0n) is 14.4. The fourth-order valence-electron chi connectivity index (χ4n) is 1.89. The Hall–Kier alpha value is -1.92. The van der Waals surface area contributed by atoms with E-state index in [9.17, 15) is 9.59 Å². The van der Waals surface area contributed by atoms with Crippen molar-refractivity contribution in [3.8, 4) is 0 Å². The summed E-state index contributed by atoms with van der Waals surface area (Å²) in [6.07, 6.45) is 0. The van der Waals surface area contributed by atoms with E-state index in [1.165, 1.54) is 10.5 Å². The van der Waals surface area contributed by atoms with Crippen molar-refractivity contribution in [1.29, 1.82) is 0 Å². The van der Waals surface area contributed by atoms with Crippen LogP contribution < -0.4 is 15.5 Å². The first-order chi connectivity index (χ1) is 10.9. The van der Waals surface area contributed by atoms with Gasteiger partial charge in [-0.3, -0.25) is 9.59 Å². The Labute approximate surface area is 138 Å². The lowest BCUT2D eigenvalue weighted by Gasteiger charge is -2.10. The molecule has 0 saturated heterocycles. The lowest BCUT2D eigenvalue weighted by molar-refractivity contribution is -0.856. The second kappa shape index (κ2) is 9.97. The molecule has 1 aromatic rings. The molecule has 0 saturated carbocycles. The highest BCUT2D eigenvalue weighted by Crippen LogP contribution is 2.16. The topological polar surface area (TPSA) is 71.9 Å². The molecule has 0 heterocycles. The quantitative estimate of drug-likeness (QED) is 0.600. The third kappa shape index (κ3) is 8.32. The molecule has 1 rings (SSSR count). The number of likely N-dealkylation sites (N-methyl/N-ethyl adjacent to an activating group) is 1. The molecule has 6 nitrogen and oxygen atoms in total. The van der Waals surface area contributed by atoms with Crippen LogP contribution in [0.1, 0.15) is 25.3 Å².